The number of benzene rings is 3. The number of nitrogens with zero attached hydrogens (tertiary/aromatic N) is 3. The molecule has 1 N–H and O–H groups in total. The van der Waals surface area contributed by atoms with Crippen molar-refractivity contribution >= 4 is 17.6 Å². The van der Waals surface area contributed by atoms with Crippen molar-refractivity contribution in [2.75, 3.05) is 12.4 Å². The number of amides is 1. The highest BCUT2D eigenvalue weighted by Gasteiger charge is 2.56. The Balaban J connectivity index is 1.23. The molecule has 0 saturated heterocycles. The van der Waals surface area contributed by atoms with E-state index in [-0.39, 0.29) is 35.7 Å². The minimum Gasteiger partial charge on any atom is -0.469 e. The van der Waals surface area contributed by atoms with Gasteiger partial charge in [0.05, 0.1) is 18.7 Å². The Bertz CT molecular complexity index is 1680. The third-order valence-electron chi connectivity index (χ3n) is 10.2. The summed E-state index contributed by atoms with van der Waals surface area (Å²) < 4.78 is 6.90. The van der Waals surface area contributed by atoms with E-state index in [0.29, 0.717) is 0 Å². The van der Waals surface area contributed by atoms with Gasteiger partial charge in [0.25, 0.3) is 0 Å². The molecule has 6 rings (SSSR count). The van der Waals surface area contributed by atoms with Crippen LogP contribution in [0.5, 0.6) is 0 Å². The summed E-state index contributed by atoms with van der Waals surface area (Å²) in [5.74, 6) is 0.187. The van der Waals surface area contributed by atoms with Crippen molar-refractivity contribution in [3.05, 3.63) is 89.6 Å². The lowest BCUT2D eigenvalue weighted by molar-refractivity contribution is -0.161. The number of hydrogen-bond acceptors (Lipinski definition) is 5. The number of carbonyl (C=O) groups excluding carboxylic acids is 2. The second-order valence-corrected chi connectivity index (χ2v) is 13.3. The third-order valence-corrected chi connectivity index (χ3v) is 10.2. The number of methoxy groups -OCH3 is 1. The number of anilines is 1. The summed E-state index contributed by atoms with van der Waals surface area (Å²) in [6, 6.07) is 22.9. The van der Waals surface area contributed by atoms with Gasteiger partial charge in [-0.1, -0.05) is 99.1 Å². The zero-order chi connectivity index (χ0) is 31.1. The van der Waals surface area contributed by atoms with Gasteiger partial charge in [0, 0.05) is 11.3 Å². The van der Waals surface area contributed by atoms with Crippen molar-refractivity contribution < 1.29 is 14.3 Å². The summed E-state index contributed by atoms with van der Waals surface area (Å²) >= 11 is 0. The van der Waals surface area contributed by atoms with Gasteiger partial charge in [-0.2, -0.15) is 0 Å². The topological polar surface area (TPSA) is 86.1 Å². The molecule has 4 aromatic rings. The van der Waals surface area contributed by atoms with Gasteiger partial charge in [-0.25, -0.2) is 4.68 Å². The fourth-order valence-electron chi connectivity index (χ4n) is 7.99. The number of nitrogens with one attached hydrogen (secondary N) is 1. The Labute approximate surface area is 260 Å². The van der Waals surface area contributed by atoms with Crippen LogP contribution in [0.1, 0.15) is 76.0 Å². The van der Waals surface area contributed by atoms with Gasteiger partial charge in [-0.3, -0.25) is 9.59 Å². The number of carbonyl (C=O) groups is 2. The standard InChI is InChI=1S/C37H42N4O3/c1-24(2)28-16-18-30-29(17-19-32-36(30,3)20-9-21-37(32,4)35(43)44-5)34(28)38-33(42)23-41-22-31(39-40-41)27-14-12-26(13-15-27)25-10-7-6-8-11-25/h6-8,10-16,18,22,24,32H,9,17,19-21,23H2,1-5H3,(H,38,42)/t32-,36-,37-/m1/s1. The molecular weight excluding hydrogens is 548 g/mol. The van der Waals surface area contributed by atoms with Crippen LogP contribution < -0.4 is 5.32 Å². The van der Waals surface area contributed by atoms with Gasteiger partial charge in [0.2, 0.25) is 5.91 Å². The monoisotopic (exact) mass is 590 g/mol. The van der Waals surface area contributed by atoms with Crippen molar-refractivity contribution in [3.63, 3.8) is 0 Å². The lowest BCUT2D eigenvalue weighted by Gasteiger charge is -2.54. The van der Waals surface area contributed by atoms with Crippen LogP contribution in [-0.4, -0.2) is 34.0 Å². The van der Waals surface area contributed by atoms with Gasteiger partial charge in [0.1, 0.15) is 12.2 Å². The lowest BCUT2D eigenvalue weighted by Crippen LogP contribution is -2.52. The van der Waals surface area contributed by atoms with Crippen LogP contribution in [0.25, 0.3) is 22.4 Å². The van der Waals surface area contributed by atoms with E-state index in [2.05, 4.69) is 79.7 Å². The smallest absolute Gasteiger partial charge is 0.311 e. The predicted molar refractivity (Wildman–Crippen MR) is 173 cm³/mol. The van der Waals surface area contributed by atoms with E-state index >= 15 is 0 Å². The highest BCUT2D eigenvalue weighted by molar-refractivity contribution is 5.93. The molecule has 0 aliphatic heterocycles. The zero-order valence-electron chi connectivity index (χ0n) is 26.4. The van der Waals surface area contributed by atoms with Crippen LogP contribution in [0.3, 0.4) is 0 Å². The van der Waals surface area contributed by atoms with Gasteiger partial charge >= 0.3 is 5.97 Å². The Morgan fingerprint density at radius 1 is 0.977 bits per heavy atom. The molecule has 3 atom stereocenters. The van der Waals surface area contributed by atoms with Crippen LogP contribution in [0.15, 0.2) is 72.9 Å². The number of fused-ring (bicyclic) bond motifs is 3. The van der Waals surface area contributed by atoms with E-state index in [1.165, 1.54) is 18.2 Å². The lowest BCUT2D eigenvalue weighted by atomic mass is 9.49. The summed E-state index contributed by atoms with van der Waals surface area (Å²) in [5.41, 5.74) is 7.80. The molecule has 0 bridgehead atoms. The SMILES string of the molecule is COC(=O)[C@]1(C)CCC[C@]2(C)c3ccc(C(C)C)c(NC(=O)Cn4cc(-c5ccc(-c6ccccc6)cc5)nn4)c3CC[C@@H]12. The van der Waals surface area contributed by atoms with Crippen molar-refractivity contribution in [3.8, 4) is 22.4 Å². The first-order valence-electron chi connectivity index (χ1n) is 15.7. The highest BCUT2D eigenvalue weighted by atomic mass is 16.5. The average Bonchev–Trinajstić information content (AvgIpc) is 3.49. The third kappa shape index (κ3) is 5.23. The first-order chi connectivity index (χ1) is 21.1. The molecule has 1 saturated carbocycles. The molecule has 0 radical (unpaired) electrons. The number of ether oxygens (including phenoxy) is 1. The molecule has 3 aromatic carbocycles. The van der Waals surface area contributed by atoms with Crippen molar-refractivity contribution in [2.45, 2.75) is 77.7 Å². The minimum atomic E-state index is -0.508. The molecule has 1 heterocycles. The Kier molecular flexibility index (Phi) is 7.91. The van der Waals surface area contributed by atoms with Gasteiger partial charge in [-0.15, -0.1) is 5.10 Å². The molecular formula is C37H42N4O3. The first-order valence-corrected chi connectivity index (χ1v) is 15.7. The van der Waals surface area contributed by atoms with Gasteiger partial charge in [0.15, 0.2) is 0 Å². The van der Waals surface area contributed by atoms with Crippen LogP contribution >= 0.6 is 0 Å². The maximum atomic E-state index is 13.5. The second-order valence-electron chi connectivity index (χ2n) is 13.3. The Hall–Kier alpha value is -4.26. The van der Waals surface area contributed by atoms with E-state index < -0.39 is 5.41 Å². The van der Waals surface area contributed by atoms with E-state index in [1.54, 1.807) is 4.68 Å². The summed E-state index contributed by atoms with van der Waals surface area (Å²) in [6.07, 6.45) is 6.34. The molecule has 7 nitrogen and oxygen atoms in total. The molecule has 44 heavy (non-hydrogen) atoms. The Morgan fingerprint density at radius 2 is 1.68 bits per heavy atom. The molecule has 1 amide bonds. The summed E-state index contributed by atoms with van der Waals surface area (Å²) in [4.78, 5) is 26.5. The van der Waals surface area contributed by atoms with E-state index in [0.717, 1.165) is 65.7 Å². The quantitative estimate of drug-likeness (QED) is 0.225. The molecule has 0 spiro atoms. The van der Waals surface area contributed by atoms with Gasteiger partial charge < -0.3 is 10.1 Å². The van der Waals surface area contributed by atoms with Crippen LogP contribution in [-0.2, 0) is 32.7 Å². The largest absolute Gasteiger partial charge is 0.469 e. The average molecular weight is 591 g/mol. The first kappa shape index (κ1) is 29.8. The maximum Gasteiger partial charge on any atom is 0.311 e. The fourth-order valence-corrected chi connectivity index (χ4v) is 7.99. The van der Waals surface area contributed by atoms with E-state index in [9.17, 15) is 9.59 Å². The molecule has 7 heteroatoms. The zero-order valence-corrected chi connectivity index (χ0v) is 26.4. The van der Waals surface area contributed by atoms with E-state index in [4.69, 9.17) is 4.74 Å². The maximum absolute atomic E-state index is 13.5. The molecule has 2 aliphatic carbocycles. The van der Waals surface area contributed by atoms with Crippen molar-refractivity contribution in [2.24, 2.45) is 11.3 Å². The Morgan fingerprint density at radius 3 is 2.39 bits per heavy atom. The van der Waals surface area contributed by atoms with E-state index in [1.807, 2.05) is 36.5 Å². The van der Waals surface area contributed by atoms with Crippen LogP contribution in [0, 0.1) is 11.3 Å². The number of aromatic nitrogens is 3. The second kappa shape index (κ2) is 11.7. The number of hydrogen-bond donors (Lipinski definition) is 1. The molecule has 2 aliphatic rings. The van der Waals surface area contributed by atoms with Gasteiger partial charge in [-0.05, 0) is 77.7 Å². The fraction of sp³-hybridized carbons (Fsp3) is 0.405. The van der Waals surface area contributed by atoms with Crippen LogP contribution in [0.2, 0.25) is 0 Å². The summed E-state index contributed by atoms with van der Waals surface area (Å²) in [7, 11) is 1.50. The molecule has 228 valence electrons. The summed E-state index contributed by atoms with van der Waals surface area (Å²) in [5, 5.41) is 11.9. The highest BCUT2D eigenvalue weighted by Crippen LogP contribution is 2.58. The minimum absolute atomic E-state index is 0.0661. The molecule has 1 aromatic heterocycles. The number of esters is 1. The molecule has 0 unspecified atom stereocenters. The van der Waals surface area contributed by atoms with Crippen molar-refractivity contribution in [1.82, 2.24) is 15.0 Å². The molecule has 1 fully saturated rings. The normalized spacial score (nSPS) is 22.6. The predicted octanol–water partition coefficient (Wildman–Crippen LogP) is 7.56. The van der Waals surface area contributed by atoms with Crippen LogP contribution in [0.4, 0.5) is 5.69 Å². The number of rotatable bonds is 7. The van der Waals surface area contributed by atoms with Crippen molar-refractivity contribution in [1.29, 1.82) is 0 Å². The summed E-state index contributed by atoms with van der Waals surface area (Å²) in [6.45, 7) is 8.77.